The average molecular weight is 602 g/mol. The van der Waals surface area contributed by atoms with E-state index >= 15 is 0 Å². The molecule has 7 heavy (non-hydrogen) atoms. The minimum Gasteiger partial charge on any atom is 0 e. The number of hydrogen-bond acceptors (Lipinski definition) is 0. The summed E-state index contributed by atoms with van der Waals surface area (Å²) in [7, 11) is 0. The normalized spacial score (nSPS) is 0. The standard InChI is InChI=1S/Ce.Cu.La.Mg.Mo.Ti.Y.2H. The van der Waals surface area contributed by atoms with Crippen LogP contribution in [0.2, 0.25) is 0 Å². The van der Waals surface area contributed by atoms with Crippen LogP contribution in [0.1, 0.15) is 0 Å². The van der Waals surface area contributed by atoms with Gasteiger partial charge in [-0.05, 0) is 0 Å². The summed E-state index contributed by atoms with van der Waals surface area (Å²) in [5, 5.41) is 0. The van der Waals surface area contributed by atoms with E-state index in [0.717, 1.165) is 0 Å². The van der Waals surface area contributed by atoms with Gasteiger partial charge in [0.1, 0.15) is 0 Å². The van der Waals surface area contributed by atoms with E-state index in [9.17, 15) is 0 Å². The van der Waals surface area contributed by atoms with E-state index in [0.29, 0.717) is 0 Å². The molecule has 0 aliphatic heterocycles. The molecule has 7 heteroatoms. The molecule has 0 aromatic heterocycles. The van der Waals surface area contributed by atoms with E-state index in [1.165, 1.54) is 0 Å². The van der Waals surface area contributed by atoms with Gasteiger partial charge in [-0.15, -0.1) is 0 Å². The van der Waals surface area contributed by atoms with Crippen LogP contribution in [0.25, 0.3) is 0 Å². The van der Waals surface area contributed by atoms with Gasteiger partial charge in [-0.25, -0.2) is 0 Å². The smallest absolute Gasteiger partial charge is 0 e. The van der Waals surface area contributed by atoms with E-state index in [2.05, 4.69) is 0 Å². The first kappa shape index (κ1) is 50.4. The maximum atomic E-state index is 0. The first-order valence-electron chi connectivity index (χ1n) is 0. The number of hydrogen-bond donors (Lipinski definition) is 0. The first-order chi connectivity index (χ1) is 0. The zero-order valence-electron chi connectivity index (χ0n) is 2.86. The van der Waals surface area contributed by atoms with E-state index in [1.54, 1.807) is 0 Å². The summed E-state index contributed by atoms with van der Waals surface area (Å²) in [6.45, 7) is 0. The van der Waals surface area contributed by atoms with Gasteiger partial charge in [-0.3, -0.25) is 0 Å². The van der Waals surface area contributed by atoms with Crippen molar-refractivity contribution in [2.24, 2.45) is 0 Å². The summed E-state index contributed by atoms with van der Waals surface area (Å²) < 4.78 is 0. The maximum absolute atomic E-state index is 0. The fraction of sp³-hybridized carbons (Fsp3) is 0. The Hall–Kier alpha value is 6.36. The van der Waals surface area contributed by atoms with Crippen molar-refractivity contribution >= 4 is 23.1 Å². The van der Waals surface area contributed by atoms with Crippen LogP contribution in [0.4, 0.5) is 0 Å². The summed E-state index contributed by atoms with van der Waals surface area (Å²) in [6.07, 6.45) is 0. The van der Waals surface area contributed by atoms with E-state index in [-0.39, 0.29) is 193 Å². The Morgan fingerprint density at radius 2 is 1.00 bits per heavy atom. The molecule has 0 aliphatic rings. The van der Waals surface area contributed by atoms with Crippen molar-refractivity contribution in [3.05, 3.63) is 0 Å². The molecule has 0 bridgehead atoms. The van der Waals surface area contributed by atoms with Gasteiger partial charge >= 0.3 is 23.1 Å². The molecule has 0 heterocycles. The molecule has 3 radical (unpaired) electrons. The minimum absolute atomic E-state index is 0. The molecule has 0 aromatic rings. The van der Waals surface area contributed by atoms with Crippen LogP contribution in [-0.4, -0.2) is 23.1 Å². The summed E-state index contributed by atoms with van der Waals surface area (Å²) in [6, 6.07) is 0. The van der Waals surface area contributed by atoms with Gasteiger partial charge in [-0.2, -0.15) is 0 Å². The molecular formula is H2CeCuLaMgMoTiY. The van der Waals surface area contributed by atoms with E-state index in [1.807, 2.05) is 0 Å². The Morgan fingerprint density at radius 3 is 1.00 bits per heavy atom. The third-order valence-corrected chi connectivity index (χ3v) is 0. The zero-order valence-corrected chi connectivity index (χ0v) is 17.0. The molecule has 35 valence electrons. The molecule has 0 saturated carbocycles. The predicted octanol–water partition coefficient (Wildman–Crippen LogP) is -0.926. The summed E-state index contributed by atoms with van der Waals surface area (Å²) in [5.74, 6) is 0. The topological polar surface area (TPSA) is 0 Å². The average Bonchev–Trinajstić information content (AvgIpc) is 0. The molecule has 0 spiro atoms. The summed E-state index contributed by atoms with van der Waals surface area (Å²) in [4.78, 5) is 0. The Labute approximate surface area is 187 Å². The van der Waals surface area contributed by atoms with Gasteiger partial charge in [0.25, 0.3) is 0 Å². The largest absolute Gasteiger partial charge is 0.316 e. The second-order valence-electron chi connectivity index (χ2n) is 0. The fourth-order valence-corrected chi connectivity index (χ4v) is 0. The summed E-state index contributed by atoms with van der Waals surface area (Å²) in [5.41, 5.74) is 0. The first-order valence-corrected chi connectivity index (χ1v) is 0. The van der Waals surface area contributed by atoms with Crippen molar-refractivity contribution in [1.82, 2.24) is 0 Å². The van der Waals surface area contributed by atoms with Crippen molar-refractivity contribution < 1.29 is 170 Å². The second kappa shape index (κ2) is 39.4. The van der Waals surface area contributed by atoms with Crippen molar-refractivity contribution in [2.45, 2.75) is 0 Å². The molecule has 0 aromatic carbocycles. The van der Waals surface area contributed by atoms with Crippen molar-refractivity contribution in [2.75, 3.05) is 0 Å². The van der Waals surface area contributed by atoms with Crippen LogP contribution >= 0.6 is 0 Å². The van der Waals surface area contributed by atoms with Crippen LogP contribution in [-0.2, 0) is 92.6 Å². The van der Waals surface area contributed by atoms with Crippen LogP contribution in [0.3, 0.4) is 0 Å². The van der Waals surface area contributed by atoms with Gasteiger partial charge in [0.15, 0.2) is 0 Å². The Kier molecular flexibility index (Phi) is 284. The van der Waals surface area contributed by atoms with Gasteiger partial charge in [0.05, 0.1) is 0 Å². The molecule has 0 amide bonds. The maximum Gasteiger partial charge on any atom is 0.316 e. The molecule has 0 nitrogen and oxygen atoms in total. The molecular weight excluding hydrogens is 600 g/mol. The monoisotopic (exact) mass is 603 g/mol. The third-order valence-electron chi connectivity index (χ3n) is 0. The molecule has 0 atom stereocenters. The minimum atomic E-state index is 0. The van der Waals surface area contributed by atoms with Gasteiger partial charge in [0, 0.05) is 170 Å². The SMILES string of the molecule is [Ce].[Cu].[La].[MgH2].[Mo].[Ti].[Y]. The van der Waals surface area contributed by atoms with E-state index < -0.39 is 0 Å². The summed E-state index contributed by atoms with van der Waals surface area (Å²) >= 11 is 0. The molecule has 0 rings (SSSR count). The van der Waals surface area contributed by atoms with E-state index in [4.69, 9.17) is 0 Å². The van der Waals surface area contributed by atoms with Crippen molar-refractivity contribution in [3.63, 3.8) is 0 Å². The molecule has 0 N–H and O–H groups in total. The van der Waals surface area contributed by atoms with Gasteiger partial charge < -0.3 is 0 Å². The third kappa shape index (κ3) is 32.8. The Morgan fingerprint density at radius 1 is 1.00 bits per heavy atom. The zero-order chi connectivity index (χ0) is 0. The Bertz CT molecular complexity index is 19.7. The second-order valence-corrected chi connectivity index (χ2v) is 0. The van der Waals surface area contributed by atoms with Crippen LogP contribution < -0.4 is 0 Å². The quantitative estimate of drug-likeness (QED) is 0.315. The Balaban J connectivity index is 0. The molecule has 0 fully saturated rings. The molecule has 0 saturated heterocycles. The molecule has 0 unspecified atom stereocenters. The van der Waals surface area contributed by atoms with Crippen LogP contribution in [0, 0.1) is 77.3 Å². The van der Waals surface area contributed by atoms with Crippen LogP contribution in [0.15, 0.2) is 0 Å². The molecule has 0 aliphatic carbocycles. The predicted molar refractivity (Wildman–Crippen MR) is 8.54 cm³/mol. The van der Waals surface area contributed by atoms with Crippen molar-refractivity contribution in [3.8, 4) is 0 Å². The van der Waals surface area contributed by atoms with Gasteiger partial charge in [0.2, 0.25) is 0 Å². The van der Waals surface area contributed by atoms with Gasteiger partial charge in [-0.1, -0.05) is 0 Å². The van der Waals surface area contributed by atoms with Crippen LogP contribution in [0.5, 0.6) is 0 Å². The van der Waals surface area contributed by atoms with Crippen molar-refractivity contribution in [1.29, 1.82) is 0 Å². The fourth-order valence-electron chi connectivity index (χ4n) is 0. The number of rotatable bonds is 0.